The van der Waals surface area contributed by atoms with Crippen LogP contribution in [0.5, 0.6) is 5.75 Å². The van der Waals surface area contributed by atoms with Crippen molar-refractivity contribution in [1.29, 1.82) is 0 Å². The molecule has 6 nitrogen and oxygen atoms in total. The first-order chi connectivity index (χ1) is 9.56. The molecular weight excluding hydrogens is 269 g/mol. The average molecular weight is 285 g/mol. The van der Waals surface area contributed by atoms with E-state index in [4.69, 9.17) is 9.47 Å². The van der Waals surface area contributed by atoms with Gasteiger partial charge >= 0.3 is 0 Å². The molecule has 1 fully saturated rings. The Bertz CT molecular complexity index is 470. The maximum Gasteiger partial charge on any atom is 0.258 e. The summed E-state index contributed by atoms with van der Waals surface area (Å²) in [5.41, 5.74) is 0. The number of hydrogen-bond acceptors (Lipinski definition) is 5. The number of aliphatic hydroxyl groups is 2. The number of halogens is 1. The van der Waals surface area contributed by atoms with Gasteiger partial charge in [0.05, 0.1) is 19.3 Å². The lowest BCUT2D eigenvalue weighted by atomic mass is 10.0. The fourth-order valence-corrected chi connectivity index (χ4v) is 1.86. The third kappa shape index (κ3) is 3.89. The third-order valence-electron chi connectivity index (χ3n) is 2.90. The Kier molecular flexibility index (Phi) is 4.89. The smallest absolute Gasteiger partial charge is 0.258 e. The first-order valence-corrected chi connectivity index (χ1v) is 6.18. The van der Waals surface area contributed by atoms with E-state index < -0.39 is 30.0 Å². The molecule has 7 heteroatoms. The maximum absolute atomic E-state index is 12.9. The van der Waals surface area contributed by atoms with E-state index in [0.717, 1.165) is 6.07 Å². The molecule has 0 radical (unpaired) electrons. The van der Waals surface area contributed by atoms with Gasteiger partial charge in [0.2, 0.25) is 0 Å². The SMILES string of the molecule is O=C(COc1cccc(F)c1)N[C@@H]1COC[C@@H](O)[C@H]1O. The minimum absolute atomic E-state index is 0.0350. The molecule has 1 saturated heterocycles. The number of nitrogens with one attached hydrogen (secondary N) is 1. The van der Waals surface area contributed by atoms with Gasteiger partial charge in [-0.1, -0.05) is 6.07 Å². The molecule has 1 aliphatic heterocycles. The molecule has 1 heterocycles. The van der Waals surface area contributed by atoms with Crippen molar-refractivity contribution < 1.29 is 28.9 Å². The minimum Gasteiger partial charge on any atom is -0.484 e. The highest BCUT2D eigenvalue weighted by atomic mass is 19.1. The van der Waals surface area contributed by atoms with Crippen LogP contribution in [0.3, 0.4) is 0 Å². The zero-order valence-corrected chi connectivity index (χ0v) is 10.7. The normalized spacial score (nSPS) is 26.1. The number of hydrogen-bond donors (Lipinski definition) is 3. The molecule has 3 atom stereocenters. The van der Waals surface area contributed by atoms with E-state index in [-0.39, 0.29) is 25.6 Å². The topological polar surface area (TPSA) is 88.0 Å². The minimum atomic E-state index is -1.08. The molecule has 1 amide bonds. The number of ether oxygens (including phenoxy) is 2. The van der Waals surface area contributed by atoms with Gasteiger partial charge in [-0.3, -0.25) is 4.79 Å². The van der Waals surface area contributed by atoms with Crippen molar-refractivity contribution in [2.45, 2.75) is 18.2 Å². The van der Waals surface area contributed by atoms with Crippen molar-refractivity contribution in [3.8, 4) is 5.75 Å². The molecule has 0 saturated carbocycles. The summed E-state index contributed by atoms with van der Waals surface area (Å²) in [7, 11) is 0. The Morgan fingerprint density at radius 2 is 2.25 bits per heavy atom. The van der Waals surface area contributed by atoms with Gasteiger partial charge in [-0.05, 0) is 12.1 Å². The second-order valence-electron chi connectivity index (χ2n) is 4.52. The molecule has 0 bridgehead atoms. The number of aliphatic hydroxyl groups excluding tert-OH is 2. The van der Waals surface area contributed by atoms with Crippen molar-refractivity contribution in [1.82, 2.24) is 5.32 Å². The predicted molar refractivity (Wildman–Crippen MR) is 66.7 cm³/mol. The standard InChI is InChI=1S/C13H16FNO5/c14-8-2-1-3-9(4-8)20-7-12(17)15-10-5-19-6-11(16)13(10)18/h1-4,10-11,13,16,18H,5-7H2,(H,15,17)/t10-,11-,13+/m1/s1. The molecule has 1 aromatic rings. The molecule has 20 heavy (non-hydrogen) atoms. The van der Waals surface area contributed by atoms with E-state index in [9.17, 15) is 19.4 Å². The second kappa shape index (κ2) is 6.65. The van der Waals surface area contributed by atoms with E-state index >= 15 is 0 Å². The molecule has 0 spiro atoms. The molecule has 1 aromatic carbocycles. The van der Waals surface area contributed by atoms with Crippen LogP contribution in [0.1, 0.15) is 0 Å². The molecule has 0 aromatic heterocycles. The van der Waals surface area contributed by atoms with Gasteiger partial charge in [-0.15, -0.1) is 0 Å². The van der Waals surface area contributed by atoms with Crippen LogP contribution < -0.4 is 10.1 Å². The van der Waals surface area contributed by atoms with Crippen LogP contribution in [0.25, 0.3) is 0 Å². The van der Waals surface area contributed by atoms with E-state index in [0.29, 0.717) is 0 Å². The number of amides is 1. The summed E-state index contributed by atoms with van der Waals surface area (Å²) in [5, 5.41) is 21.6. The third-order valence-corrected chi connectivity index (χ3v) is 2.90. The fourth-order valence-electron chi connectivity index (χ4n) is 1.86. The lowest BCUT2D eigenvalue weighted by Crippen LogP contribution is -2.56. The van der Waals surface area contributed by atoms with Gasteiger partial charge in [0.25, 0.3) is 5.91 Å². The van der Waals surface area contributed by atoms with E-state index in [2.05, 4.69) is 5.32 Å². The first-order valence-electron chi connectivity index (χ1n) is 6.18. The number of rotatable bonds is 4. The number of carbonyl (C=O) groups is 1. The summed E-state index contributed by atoms with van der Waals surface area (Å²) >= 11 is 0. The van der Waals surface area contributed by atoms with Crippen LogP contribution in [0.2, 0.25) is 0 Å². The van der Waals surface area contributed by atoms with Gasteiger partial charge in [0.1, 0.15) is 23.8 Å². The Morgan fingerprint density at radius 3 is 3.00 bits per heavy atom. The molecule has 0 unspecified atom stereocenters. The monoisotopic (exact) mass is 285 g/mol. The maximum atomic E-state index is 12.9. The molecule has 110 valence electrons. The highest BCUT2D eigenvalue weighted by Gasteiger charge is 2.32. The molecule has 2 rings (SSSR count). The van der Waals surface area contributed by atoms with Crippen LogP contribution in [0.15, 0.2) is 24.3 Å². The van der Waals surface area contributed by atoms with Gasteiger partial charge in [-0.2, -0.15) is 0 Å². The Balaban J connectivity index is 1.80. The summed E-state index contributed by atoms with van der Waals surface area (Å²) in [5.74, 6) is -0.709. The average Bonchev–Trinajstić information content (AvgIpc) is 2.42. The van der Waals surface area contributed by atoms with E-state index in [1.807, 2.05) is 0 Å². The van der Waals surface area contributed by atoms with Crippen molar-refractivity contribution in [3.05, 3.63) is 30.1 Å². The second-order valence-corrected chi connectivity index (χ2v) is 4.52. The summed E-state index contributed by atoms with van der Waals surface area (Å²) in [6, 6.07) is 4.73. The van der Waals surface area contributed by atoms with Gasteiger partial charge < -0.3 is 25.0 Å². The summed E-state index contributed by atoms with van der Waals surface area (Å²) in [4.78, 5) is 11.6. The van der Waals surface area contributed by atoms with Crippen molar-refractivity contribution in [2.24, 2.45) is 0 Å². The van der Waals surface area contributed by atoms with Crippen LogP contribution >= 0.6 is 0 Å². The van der Waals surface area contributed by atoms with Crippen LogP contribution in [0.4, 0.5) is 4.39 Å². The van der Waals surface area contributed by atoms with Crippen molar-refractivity contribution in [2.75, 3.05) is 19.8 Å². The summed E-state index contributed by atoms with van der Waals surface area (Å²) < 4.78 is 23.0. The number of carbonyl (C=O) groups excluding carboxylic acids is 1. The lowest BCUT2D eigenvalue weighted by molar-refractivity contribution is -0.133. The zero-order valence-electron chi connectivity index (χ0n) is 10.7. The molecular formula is C13H16FNO5. The summed E-state index contributed by atoms with van der Waals surface area (Å²) in [6.45, 7) is -0.167. The van der Waals surface area contributed by atoms with E-state index in [1.54, 1.807) is 0 Å². The van der Waals surface area contributed by atoms with Crippen molar-refractivity contribution in [3.63, 3.8) is 0 Å². The Morgan fingerprint density at radius 1 is 1.45 bits per heavy atom. The highest BCUT2D eigenvalue weighted by molar-refractivity contribution is 5.78. The molecule has 0 aliphatic carbocycles. The fraction of sp³-hybridized carbons (Fsp3) is 0.462. The highest BCUT2D eigenvalue weighted by Crippen LogP contribution is 2.12. The van der Waals surface area contributed by atoms with E-state index in [1.165, 1.54) is 18.2 Å². The zero-order chi connectivity index (χ0) is 14.5. The molecule has 1 aliphatic rings. The van der Waals surface area contributed by atoms with Crippen molar-refractivity contribution >= 4 is 5.91 Å². The Labute approximate surface area is 115 Å². The van der Waals surface area contributed by atoms with Gasteiger partial charge in [0, 0.05) is 6.07 Å². The first kappa shape index (κ1) is 14.7. The van der Waals surface area contributed by atoms with Crippen LogP contribution in [-0.4, -0.2) is 54.2 Å². The van der Waals surface area contributed by atoms with Gasteiger partial charge in [-0.25, -0.2) is 4.39 Å². The Hall–Kier alpha value is -1.70. The quantitative estimate of drug-likeness (QED) is 0.690. The molecule has 3 N–H and O–H groups in total. The lowest BCUT2D eigenvalue weighted by Gasteiger charge is -2.32. The van der Waals surface area contributed by atoms with Crippen LogP contribution in [-0.2, 0) is 9.53 Å². The van der Waals surface area contributed by atoms with Gasteiger partial charge in [0.15, 0.2) is 6.61 Å². The summed E-state index contributed by atoms with van der Waals surface area (Å²) in [6.07, 6.45) is -2.11. The van der Waals surface area contributed by atoms with Crippen LogP contribution in [0, 0.1) is 5.82 Å². The predicted octanol–water partition coefficient (Wildman–Crippen LogP) is -0.559. The number of benzene rings is 1. The largest absolute Gasteiger partial charge is 0.484 e.